The van der Waals surface area contributed by atoms with E-state index in [1.807, 2.05) is 0 Å². The fraction of sp³-hybridized carbons (Fsp3) is 0.636. The molecule has 3 N–H and O–H groups in total. The monoisotopic (exact) mass is 241 g/mol. The predicted octanol–water partition coefficient (Wildman–Crippen LogP) is 1.67. The Morgan fingerprint density at radius 3 is 3.06 bits per heavy atom. The van der Waals surface area contributed by atoms with Crippen LogP contribution in [0, 0.1) is 0 Å². The molecule has 0 amide bonds. The summed E-state index contributed by atoms with van der Waals surface area (Å²) >= 11 is 0. The van der Waals surface area contributed by atoms with E-state index in [0.29, 0.717) is 15.0 Å². The summed E-state index contributed by atoms with van der Waals surface area (Å²) in [5.41, 5.74) is 6.95. The third kappa shape index (κ3) is 4.86. The molecule has 1 aromatic heterocycles. The van der Waals surface area contributed by atoms with Crippen molar-refractivity contribution in [1.29, 1.82) is 0 Å². The van der Waals surface area contributed by atoms with E-state index in [0.717, 1.165) is 18.3 Å². The fourth-order valence-electron chi connectivity index (χ4n) is 1.44. The molecule has 0 fully saturated rings. The molecular formula is C11H20N3OP. The number of imidazole rings is 1. The maximum Gasteiger partial charge on any atom is 0.168 e. The Morgan fingerprint density at radius 2 is 2.44 bits per heavy atom. The third-order valence-electron chi connectivity index (χ3n) is 2.41. The summed E-state index contributed by atoms with van der Waals surface area (Å²) in [6, 6.07) is -0.375. The van der Waals surface area contributed by atoms with Crippen LogP contribution in [0.1, 0.15) is 31.9 Å². The largest absolute Gasteiger partial charge is 0.348 e. The van der Waals surface area contributed by atoms with Crippen LogP contribution in [0.25, 0.3) is 0 Å². The van der Waals surface area contributed by atoms with Crippen LogP contribution < -0.4 is 5.73 Å². The molecule has 0 saturated carbocycles. The van der Waals surface area contributed by atoms with E-state index < -0.39 is 0 Å². The van der Waals surface area contributed by atoms with Gasteiger partial charge in [0.1, 0.15) is 0 Å². The first-order valence-electron chi connectivity index (χ1n) is 5.74. The van der Waals surface area contributed by atoms with Gasteiger partial charge in [0.2, 0.25) is 0 Å². The summed E-state index contributed by atoms with van der Waals surface area (Å²) in [5, 5.41) is 0. The average Bonchev–Trinajstić information content (AvgIpc) is 2.76. The number of hydrogen-bond donors (Lipinski definition) is 2. The molecule has 0 radical (unpaired) electrons. The second-order valence-corrected chi connectivity index (χ2v) is 5.23. The number of carbonyl (C=O) groups excluding carboxylic acids is 1. The van der Waals surface area contributed by atoms with Gasteiger partial charge in [0, 0.05) is 18.3 Å². The molecule has 0 aliphatic rings. The highest BCUT2D eigenvalue weighted by Crippen LogP contribution is 2.17. The molecule has 4 nitrogen and oxygen atoms in total. The maximum absolute atomic E-state index is 11.7. The molecule has 1 unspecified atom stereocenters. The Bertz CT molecular complexity index is 300. The van der Waals surface area contributed by atoms with E-state index in [-0.39, 0.29) is 11.6 Å². The topological polar surface area (TPSA) is 71.8 Å². The molecule has 0 aromatic carbocycles. The number of rotatable bonds is 8. The molecule has 0 spiro atoms. The normalized spacial score (nSPS) is 13.4. The number of aromatic nitrogens is 2. The quantitative estimate of drug-likeness (QED) is 0.537. The maximum atomic E-state index is 11.7. The predicted molar refractivity (Wildman–Crippen MR) is 68.0 cm³/mol. The molecule has 1 heterocycles. The van der Waals surface area contributed by atoms with Gasteiger partial charge in [-0.25, -0.2) is 4.98 Å². The van der Waals surface area contributed by atoms with Gasteiger partial charge >= 0.3 is 0 Å². The van der Waals surface area contributed by atoms with Gasteiger partial charge in [-0.2, -0.15) is 0 Å². The van der Waals surface area contributed by atoms with Gasteiger partial charge in [-0.3, -0.25) is 4.79 Å². The van der Waals surface area contributed by atoms with Crippen LogP contribution in [0.5, 0.6) is 0 Å². The van der Waals surface area contributed by atoms with Crippen LogP contribution in [0.15, 0.2) is 12.5 Å². The summed E-state index contributed by atoms with van der Waals surface area (Å²) in [5.74, 6) is 0. The standard InChI is InChI=1S/C11H20N3OP/c1-2-3-4-5-16-11(15)10(12)6-9-7-13-8-14-9/h7-8,10,16H,2-6,12H2,1H3,(H,13,14)/t10-/m0/s1. The lowest BCUT2D eigenvalue weighted by Crippen LogP contribution is -2.30. The van der Waals surface area contributed by atoms with E-state index in [9.17, 15) is 4.79 Å². The second-order valence-electron chi connectivity index (χ2n) is 3.89. The van der Waals surface area contributed by atoms with E-state index >= 15 is 0 Å². The molecular weight excluding hydrogens is 221 g/mol. The van der Waals surface area contributed by atoms with Gasteiger partial charge in [-0.05, 0) is 21.2 Å². The number of nitrogens with one attached hydrogen (secondary N) is 1. The van der Waals surface area contributed by atoms with Crippen molar-refractivity contribution in [3.05, 3.63) is 18.2 Å². The molecule has 16 heavy (non-hydrogen) atoms. The van der Waals surface area contributed by atoms with Crippen molar-refractivity contribution in [2.75, 3.05) is 6.16 Å². The molecule has 5 heteroatoms. The van der Waals surface area contributed by atoms with Gasteiger partial charge in [-0.1, -0.05) is 19.8 Å². The fourth-order valence-corrected chi connectivity index (χ4v) is 2.48. The molecule has 0 bridgehead atoms. The third-order valence-corrected chi connectivity index (χ3v) is 3.73. The van der Waals surface area contributed by atoms with E-state index in [1.165, 1.54) is 12.8 Å². The molecule has 1 aromatic rings. The van der Waals surface area contributed by atoms with Gasteiger partial charge in [0.25, 0.3) is 0 Å². The molecule has 0 aliphatic heterocycles. The zero-order valence-electron chi connectivity index (χ0n) is 9.70. The van der Waals surface area contributed by atoms with Crippen LogP contribution in [0.4, 0.5) is 0 Å². The van der Waals surface area contributed by atoms with Crippen LogP contribution in [-0.2, 0) is 11.2 Å². The number of nitrogens with zero attached hydrogens (tertiary/aromatic N) is 1. The Kier molecular flexibility index (Phi) is 6.27. The molecule has 1 rings (SSSR count). The van der Waals surface area contributed by atoms with Crippen LogP contribution in [0.2, 0.25) is 0 Å². The second kappa shape index (κ2) is 7.53. The van der Waals surface area contributed by atoms with Crippen LogP contribution >= 0.6 is 8.58 Å². The first-order chi connectivity index (χ1) is 7.74. The zero-order chi connectivity index (χ0) is 11.8. The highest BCUT2D eigenvalue weighted by Gasteiger charge is 2.13. The number of nitrogens with two attached hydrogens (primary N) is 1. The number of unbranched alkanes of at least 4 members (excludes halogenated alkanes) is 2. The Labute approximate surface area is 98.2 Å². The van der Waals surface area contributed by atoms with Crippen molar-refractivity contribution in [2.24, 2.45) is 5.73 Å². The Hall–Kier alpha value is -0.730. The Morgan fingerprint density at radius 1 is 1.62 bits per heavy atom. The average molecular weight is 241 g/mol. The minimum atomic E-state index is -0.375. The van der Waals surface area contributed by atoms with Gasteiger partial charge in [0.05, 0.1) is 12.4 Å². The van der Waals surface area contributed by atoms with Crippen LogP contribution in [0.3, 0.4) is 0 Å². The van der Waals surface area contributed by atoms with Gasteiger partial charge in [-0.15, -0.1) is 0 Å². The first kappa shape index (κ1) is 13.3. The smallest absolute Gasteiger partial charge is 0.168 e. The highest BCUT2D eigenvalue weighted by atomic mass is 31.1. The van der Waals surface area contributed by atoms with Gasteiger partial charge in [0.15, 0.2) is 5.52 Å². The number of H-pyrrole nitrogens is 1. The van der Waals surface area contributed by atoms with Crippen molar-refractivity contribution in [1.82, 2.24) is 9.97 Å². The summed E-state index contributed by atoms with van der Waals surface area (Å²) < 4.78 is 0. The molecule has 0 saturated heterocycles. The summed E-state index contributed by atoms with van der Waals surface area (Å²) in [7, 11) is 0.359. The van der Waals surface area contributed by atoms with Crippen molar-refractivity contribution in [2.45, 2.75) is 38.6 Å². The highest BCUT2D eigenvalue weighted by molar-refractivity contribution is 7.58. The number of aromatic amines is 1. The summed E-state index contributed by atoms with van der Waals surface area (Å²) in [6.07, 6.45) is 8.42. The van der Waals surface area contributed by atoms with Crippen molar-refractivity contribution in [3.63, 3.8) is 0 Å². The lowest BCUT2D eigenvalue weighted by atomic mass is 10.2. The number of carbonyl (C=O) groups is 1. The lowest BCUT2D eigenvalue weighted by Gasteiger charge is -2.08. The van der Waals surface area contributed by atoms with Crippen molar-refractivity contribution in [3.8, 4) is 0 Å². The SMILES string of the molecule is CCCCCPC(=O)[C@@H](N)Cc1cnc[nH]1. The van der Waals surface area contributed by atoms with E-state index in [1.54, 1.807) is 12.5 Å². The first-order valence-corrected chi connectivity index (χ1v) is 6.95. The summed E-state index contributed by atoms with van der Waals surface area (Å²) in [6.45, 7) is 2.16. The van der Waals surface area contributed by atoms with E-state index in [4.69, 9.17) is 5.73 Å². The molecule has 0 aliphatic carbocycles. The number of hydrogen-bond acceptors (Lipinski definition) is 3. The Balaban J connectivity index is 2.20. The minimum absolute atomic E-state index is 0.186. The van der Waals surface area contributed by atoms with E-state index in [2.05, 4.69) is 16.9 Å². The minimum Gasteiger partial charge on any atom is -0.348 e. The van der Waals surface area contributed by atoms with Crippen LogP contribution in [-0.4, -0.2) is 27.7 Å². The molecule has 90 valence electrons. The van der Waals surface area contributed by atoms with Crippen molar-refractivity contribution >= 4 is 14.1 Å². The van der Waals surface area contributed by atoms with Gasteiger partial charge < -0.3 is 10.7 Å². The lowest BCUT2D eigenvalue weighted by molar-refractivity contribution is -0.112. The zero-order valence-corrected chi connectivity index (χ0v) is 10.7. The van der Waals surface area contributed by atoms with Crippen molar-refractivity contribution < 1.29 is 4.79 Å². The molecule has 2 atom stereocenters. The summed E-state index contributed by atoms with van der Waals surface area (Å²) in [4.78, 5) is 18.5.